The van der Waals surface area contributed by atoms with Crippen LogP contribution < -0.4 is 0 Å². The van der Waals surface area contributed by atoms with Gasteiger partial charge in [0.15, 0.2) is 0 Å². The van der Waals surface area contributed by atoms with Crippen LogP contribution in [0.1, 0.15) is 17.2 Å². The van der Waals surface area contributed by atoms with E-state index in [4.69, 9.17) is 4.74 Å². The lowest BCUT2D eigenvalue weighted by molar-refractivity contribution is -0.138. The minimum Gasteiger partial charge on any atom is -0.508 e. The predicted octanol–water partition coefficient (Wildman–Crippen LogP) is 1.85. The zero-order chi connectivity index (χ0) is 10.1. The van der Waals surface area contributed by atoms with E-state index in [2.05, 4.69) is 0 Å². The molecule has 3 heteroatoms. The summed E-state index contributed by atoms with van der Waals surface area (Å²) in [5.74, 6) is -0.153. The molecule has 3 nitrogen and oxygen atoms in total. The van der Waals surface area contributed by atoms with Crippen molar-refractivity contribution < 1.29 is 14.6 Å². The molecule has 14 heavy (non-hydrogen) atoms. The van der Waals surface area contributed by atoms with Gasteiger partial charge in [0.05, 0.1) is 0 Å². The number of cyclic esters (lactones) is 1. The molecule has 72 valence electrons. The monoisotopic (exact) mass is 190 g/mol. The van der Waals surface area contributed by atoms with E-state index in [0.29, 0.717) is 0 Å². The SMILES string of the molecule is Cc1ccc(O)cc1C1C=CC(=O)O1. The van der Waals surface area contributed by atoms with Crippen molar-refractivity contribution in [3.63, 3.8) is 0 Å². The summed E-state index contributed by atoms with van der Waals surface area (Å²) in [6.07, 6.45) is 2.73. The van der Waals surface area contributed by atoms with Gasteiger partial charge in [0, 0.05) is 11.6 Å². The van der Waals surface area contributed by atoms with Gasteiger partial charge < -0.3 is 9.84 Å². The molecule has 0 spiro atoms. The fraction of sp³-hybridized carbons (Fsp3) is 0.182. The molecule has 0 saturated heterocycles. The van der Waals surface area contributed by atoms with E-state index >= 15 is 0 Å². The van der Waals surface area contributed by atoms with E-state index in [9.17, 15) is 9.90 Å². The van der Waals surface area contributed by atoms with E-state index in [0.717, 1.165) is 11.1 Å². The Hall–Kier alpha value is -1.77. The lowest BCUT2D eigenvalue weighted by atomic mass is 10.0. The second-order valence-corrected chi connectivity index (χ2v) is 3.26. The summed E-state index contributed by atoms with van der Waals surface area (Å²) in [7, 11) is 0. The van der Waals surface area contributed by atoms with Gasteiger partial charge >= 0.3 is 5.97 Å². The molecule has 1 aromatic carbocycles. The molecular weight excluding hydrogens is 180 g/mol. The van der Waals surface area contributed by atoms with E-state index < -0.39 is 0 Å². The summed E-state index contributed by atoms with van der Waals surface area (Å²) in [6, 6.07) is 5.02. The van der Waals surface area contributed by atoms with Crippen molar-refractivity contribution in [2.75, 3.05) is 0 Å². The first-order valence-corrected chi connectivity index (χ1v) is 4.35. The Morgan fingerprint density at radius 2 is 2.21 bits per heavy atom. The Morgan fingerprint density at radius 3 is 2.86 bits per heavy atom. The first-order valence-electron chi connectivity index (χ1n) is 4.35. The van der Waals surface area contributed by atoms with Crippen molar-refractivity contribution in [1.29, 1.82) is 0 Å². The van der Waals surface area contributed by atoms with Gasteiger partial charge in [-0.15, -0.1) is 0 Å². The normalized spacial score (nSPS) is 19.8. The van der Waals surface area contributed by atoms with Crippen LogP contribution >= 0.6 is 0 Å². The van der Waals surface area contributed by atoms with Crippen molar-refractivity contribution in [3.8, 4) is 5.75 Å². The number of benzene rings is 1. The summed E-state index contributed by atoms with van der Waals surface area (Å²) in [6.45, 7) is 1.91. The molecule has 1 atom stereocenters. The number of aryl methyl sites for hydroxylation is 1. The summed E-state index contributed by atoms with van der Waals surface area (Å²) in [5.41, 5.74) is 1.82. The molecule has 1 aliphatic rings. The summed E-state index contributed by atoms with van der Waals surface area (Å²) in [4.78, 5) is 10.9. The van der Waals surface area contributed by atoms with Gasteiger partial charge in [-0.25, -0.2) is 4.79 Å². The second kappa shape index (κ2) is 3.18. The van der Waals surface area contributed by atoms with E-state index in [1.54, 1.807) is 24.3 Å². The second-order valence-electron chi connectivity index (χ2n) is 3.26. The van der Waals surface area contributed by atoms with Crippen LogP contribution in [-0.4, -0.2) is 11.1 Å². The van der Waals surface area contributed by atoms with Crippen molar-refractivity contribution in [2.24, 2.45) is 0 Å². The minimum atomic E-state index is -0.352. The Kier molecular flexibility index (Phi) is 2.00. The van der Waals surface area contributed by atoms with Gasteiger partial charge in [0.1, 0.15) is 11.9 Å². The number of carbonyl (C=O) groups excluding carboxylic acids is 1. The van der Waals surface area contributed by atoms with Crippen molar-refractivity contribution >= 4 is 5.97 Å². The number of carbonyl (C=O) groups is 1. The van der Waals surface area contributed by atoms with Crippen LogP contribution in [0.3, 0.4) is 0 Å². The highest BCUT2D eigenvalue weighted by Gasteiger charge is 2.20. The highest BCUT2D eigenvalue weighted by Crippen LogP contribution is 2.28. The van der Waals surface area contributed by atoms with Crippen LogP contribution in [0, 0.1) is 6.92 Å². The number of phenols is 1. The Labute approximate surface area is 81.6 Å². The fourth-order valence-corrected chi connectivity index (χ4v) is 1.47. The van der Waals surface area contributed by atoms with Crippen LogP contribution in [0.5, 0.6) is 5.75 Å². The van der Waals surface area contributed by atoms with Crippen LogP contribution in [0.25, 0.3) is 0 Å². The molecule has 2 rings (SSSR count). The highest BCUT2D eigenvalue weighted by atomic mass is 16.5. The Balaban J connectivity index is 2.37. The third-order valence-electron chi connectivity index (χ3n) is 2.22. The number of hydrogen-bond donors (Lipinski definition) is 1. The molecule has 1 N–H and O–H groups in total. The molecule has 0 radical (unpaired) electrons. The number of hydrogen-bond acceptors (Lipinski definition) is 3. The van der Waals surface area contributed by atoms with E-state index in [-0.39, 0.29) is 17.8 Å². The van der Waals surface area contributed by atoms with Gasteiger partial charge in [0.2, 0.25) is 0 Å². The molecule has 1 aliphatic heterocycles. The van der Waals surface area contributed by atoms with Crippen LogP contribution in [-0.2, 0) is 9.53 Å². The molecule has 0 fully saturated rings. The molecule has 0 saturated carbocycles. The predicted molar refractivity (Wildman–Crippen MR) is 50.8 cm³/mol. The zero-order valence-electron chi connectivity index (χ0n) is 7.73. The van der Waals surface area contributed by atoms with Crippen LogP contribution in [0.2, 0.25) is 0 Å². The molecule has 1 aromatic rings. The average molecular weight is 190 g/mol. The van der Waals surface area contributed by atoms with Gasteiger partial charge in [-0.05, 0) is 30.7 Å². The van der Waals surface area contributed by atoms with Crippen molar-refractivity contribution in [1.82, 2.24) is 0 Å². The third kappa shape index (κ3) is 1.48. The summed E-state index contributed by atoms with van der Waals surface area (Å²) >= 11 is 0. The van der Waals surface area contributed by atoms with Gasteiger partial charge in [-0.1, -0.05) is 6.07 Å². The number of rotatable bonds is 1. The molecule has 0 aliphatic carbocycles. The topological polar surface area (TPSA) is 46.5 Å². The highest BCUT2D eigenvalue weighted by molar-refractivity contribution is 5.84. The lowest BCUT2D eigenvalue weighted by Gasteiger charge is -2.11. The summed E-state index contributed by atoms with van der Waals surface area (Å²) in [5, 5.41) is 9.30. The number of esters is 1. The number of ether oxygens (including phenoxy) is 1. The molecule has 0 amide bonds. The standard InChI is InChI=1S/C11H10O3/c1-7-2-3-8(12)6-9(7)10-4-5-11(13)14-10/h2-6,10,12H,1H3. The number of phenolic OH excluding ortho intramolecular Hbond substituents is 1. The van der Waals surface area contributed by atoms with Crippen molar-refractivity contribution in [2.45, 2.75) is 13.0 Å². The van der Waals surface area contributed by atoms with E-state index in [1.807, 2.05) is 6.92 Å². The van der Waals surface area contributed by atoms with Gasteiger partial charge in [-0.3, -0.25) is 0 Å². The van der Waals surface area contributed by atoms with E-state index in [1.165, 1.54) is 6.08 Å². The lowest BCUT2D eigenvalue weighted by Crippen LogP contribution is -2.01. The maximum atomic E-state index is 10.9. The smallest absolute Gasteiger partial charge is 0.331 e. The maximum Gasteiger partial charge on any atom is 0.331 e. The Bertz CT molecular complexity index is 407. The molecule has 1 heterocycles. The Morgan fingerprint density at radius 1 is 1.43 bits per heavy atom. The van der Waals surface area contributed by atoms with Crippen LogP contribution in [0.4, 0.5) is 0 Å². The zero-order valence-corrected chi connectivity index (χ0v) is 7.73. The molecule has 0 aromatic heterocycles. The maximum absolute atomic E-state index is 10.9. The molecule has 1 unspecified atom stereocenters. The fourth-order valence-electron chi connectivity index (χ4n) is 1.47. The largest absolute Gasteiger partial charge is 0.508 e. The molecule has 0 bridgehead atoms. The first-order chi connectivity index (χ1) is 6.66. The third-order valence-corrected chi connectivity index (χ3v) is 2.22. The first kappa shape index (κ1) is 8.81. The van der Waals surface area contributed by atoms with Gasteiger partial charge in [0.25, 0.3) is 0 Å². The summed E-state index contributed by atoms with van der Waals surface area (Å²) < 4.78 is 5.02. The average Bonchev–Trinajstić information content (AvgIpc) is 2.56. The minimum absolute atomic E-state index is 0.182. The van der Waals surface area contributed by atoms with Gasteiger partial charge in [-0.2, -0.15) is 0 Å². The van der Waals surface area contributed by atoms with Crippen molar-refractivity contribution in [3.05, 3.63) is 41.5 Å². The number of aromatic hydroxyl groups is 1. The van der Waals surface area contributed by atoms with Crippen LogP contribution in [0.15, 0.2) is 30.4 Å². The quantitative estimate of drug-likeness (QED) is 0.687. The molecular formula is C11H10O3.